The van der Waals surface area contributed by atoms with Crippen LogP contribution in [-0.2, 0) is 7.05 Å². The van der Waals surface area contributed by atoms with Crippen LogP contribution in [0.5, 0.6) is 0 Å². The maximum atomic E-state index is 13.1. The zero-order valence-corrected chi connectivity index (χ0v) is 10.9. The first-order chi connectivity index (χ1) is 9.66. The van der Waals surface area contributed by atoms with Crippen molar-refractivity contribution in [3.05, 3.63) is 54.6 Å². The zero-order chi connectivity index (χ0) is 14.1. The van der Waals surface area contributed by atoms with E-state index < -0.39 is 0 Å². The van der Waals surface area contributed by atoms with Crippen molar-refractivity contribution < 1.29 is 4.39 Å². The van der Waals surface area contributed by atoms with Gasteiger partial charge in [-0.05, 0) is 42.0 Å². The standard InChI is InChI=1S/C15H13FN4/c1-20-14(11-2-4-12(16)5-3-11)13(15(17)19-20)10-6-8-18-9-7-10/h2-9H,1H3,(H2,17,19). The summed E-state index contributed by atoms with van der Waals surface area (Å²) >= 11 is 0. The number of pyridine rings is 1. The molecular formula is C15H13FN4. The number of hydrogen-bond acceptors (Lipinski definition) is 3. The molecule has 3 aromatic rings. The molecule has 100 valence electrons. The Morgan fingerprint density at radius 2 is 1.65 bits per heavy atom. The number of benzene rings is 1. The lowest BCUT2D eigenvalue weighted by Gasteiger charge is -2.07. The Kier molecular flexibility index (Phi) is 2.95. The second-order valence-corrected chi connectivity index (χ2v) is 4.48. The number of nitrogens with two attached hydrogens (primary N) is 1. The number of nitrogen functional groups attached to an aromatic ring is 1. The third kappa shape index (κ3) is 2.03. The Hall–Kier alpha value is -2.69. The predicted molar refractivity (Wildman–Crippen MR) is 76.2 cm³/mol. The van der Waals surface area contributed by atoms with Crippen LogP contribution in [0.1, 0.15) is 0 Å². The summed E-state index contributed by atoms with van der Waals surface area (Å²) in [5, 5.41) is 4.27. The first kappa shape index (κ1) is 12.3. The molecule has 0 saturated heterocycles. The Bertz CT molecular complexity index is 733. The van der Waals surface area contributed by atoms with Gasteiger partial charge in [0.2, 0.25) is 0 Å². The van der Waals surface area contributed by atoms with Crippen molar-refractivity contribution in [1.82, 2.24) is 14.8 Å². The van der Waals surface area contributed by atoms with Crippen molar-refractivity contribution in [3.8, 4) is 22.4 Å². The quantitative estimate of drug-likeness (QED) is 0.777. The number of anilines is 1. The van der Waals surface area contributed by atoms with Gasteiger partial charge < -0.3 is 5.73 Å². The lowest BCUT2D eigenvalue weighted by molar-refractivity contribution is 0.628. The molecule has 0 aliphatic carbocycles. The van der Waals surface area contributed by atoms with Crippen molar-refractivity contribution >= 4 is 5.82 Å². The maximum Gasteiger partial charge on any atom is 0.154 e. The number of rotatable bonds is 2. The molecule has 0 unspecified atom stereocenters. The summed E-state index contributed by atoms with van der Waals surface area (Å²) in [7, 11) is 1.82. The minimum absolute atomic E-state index is 0.269. The summed E-state index contributed by atoms with van der Waals surface area (Å²) < 4.78 is 14.8. The molecule has 20 heavy (non-hydrogen) atoms. The smallest absolute Gasteiger partial charge is 0.154 e. The van der Waals surface area contributed by atoms with Crippen LogP contribution in [0.3, 0.4) is 0 Å². The monoisotopic (exact) mass is 268 g/mol. The fourth-order valence-corrected chi connectivity index (χ4v) is 2.29. The normalized spacial score (nSPS) is 10.7. The number of nitrogens with zero attached hydrogens (tertiary/aromatic N) is 3. The van der Waals surface area contributed by atoms with Gasteiger partial charge in [-0.15, -0.1) is 0 Å². The van der Waals surface area contributed by atoms with E-state index >= 15 is 0 Å². The second kappa shape index (κ2) is 4.77. The Labute approximate surface area is 115 Å². The zero-order valence-electron chi connectivity index (χ0n) is 10.9. The molecule has 0 radical (unpaired) electrons. The van der Waals surface area contributed by atoms with Crippen LogP contribution in [-0.4, -0.2) is 14.8 Å². The largest absolute Gasteiger partial charge is 0.382 e. The average Bonchev–Trinajstić information content (AvgIpc) is 2.75. The number of aryl methyl sites for hydroxylation is 1. The molecule has 0 saturated carbocycles. The minimum atomic E-state index is -0.269. The van der Waals surface area contributed by atoms with Crippen LogP contribution in [0, 0.1) is 5.82 Å². The van der Waals surface area contributed by atoms with Gasteiger partial charge in [0.1, 0.15) is 5.82 Å². The highest BCUT2D eigenvalue weighted by Crippen LogP contribution is 2.35. The van der Waals surface area contributed by atoms with E-state index in [1.165, 1.54) is 12.1 Å². The highest BCUT2D eigenvalue weighted by Gasteiger charge is 2.17. The molecule has 2 aromatic heterocycles. The van der Waals surface area contributed by atoms with Crippen molar-refractivity contribution in [3.63, 3.8) is 0 Å². The summed E-state index contributed by atoms with van der Waals surface area (Å²) in [5.74, 6) is 0.173. The van der Waals surface area contributed by atoms with E-state index in [9.17, 15) is 4.39 Å². The van der Waals surface area contributed by atoms with Gasteiger partial charge in [0.15, 0.2) is 5.82 Å². The summed E-state index contributed by atoms with van der Waals surface area (Å²) in [6, 6.07) is 10.0. The molecule has 1 aromatic carbocycles. The van der Waals surface area contributed by atoms with Crippen LogP contribution in [0.15, 0.2) is 48.8 Å². The Balaban J connectivity index is 2.23. The van der Waals surface area contributed by atoms with E-state index in [1.54, 1.807) is 29.2 Å². The topological polar surface area (TPSA) is 56.7 Å². The van der Waals surface area contributed by atoms with Crippen LogP contribution < -0.4 is 5.73 Å². The summed E-state index contributed by atoms with van der Waals surface area (Å²) in [5.41, 5.74) is 9.51. The van der Waals surface area contributed by atoms with Crippen LogP contribution in [0.2, 0.25) is 0 Å². The number of halogens is 1. The lowest BCUT2D eigenvalue weighted by Crippen LogP contribution is -1.94. The van der Waals surface area contributed by atoms with E-state index in [2.05, 4.69) is 10.1 Å². The highest BCUT2D eigenvalue weighted by atomic mass is 19.1. The second-order valence-electron chi connectivity index (χ2n) is 4.48. The van der Waals surface area contributed by atoms with Gasteiger partial charge in [-0.2, -0.15) is 5.10 Å². The van der Waals surface area contributed by atoms with E-state index in [1.807, 2.05) is 19.2 Å². The molecule has 0 spiro atoms. The molecule has 4 nitrogen and oxygen atoms in total. The molecular weight excluding hydrogens is 255 g/mol. The van der Waals surface area contributed by atoms with Gasteiger partial charge in [-0.3, -0.25) is 9.67 Å². The van der Waals surface area contributed by atoms with Crippen molar-refractivity contribution in [2.24, 2.45) is 7.05 Å². The lowest BCUT2D eigenvalue weighted by atomic mass is 10.0. The van der Waals surface area contributed by atoms with Crippen molar-refractivity contribution in [2.45, 2.75) is 0 Å². The maximum absolute atomic E-state index is 13.1. The average molecular weight is 268 g/mol. The van der Waals surface area contributed by atoms with Crippen LogP contribution in [0.25, 0.3) is 22.4 Å². The number of hydrogen-bond donors (Lipinski definition) is 1. The molecule has 0 aliphatic rings. The van der Waals surface area contributed by atoms with Gasteiger partial charge in [-0.1, -0.05) is 0 Å². The third-order valence-electron chi connectivity index (χ3n) is 3.16. The van der Waals surface area contributed by atoms with Gasteiger partial charge in [0.25, 0.3) is 0 Å². The molecule has 2 heterocycles. The molecule has 0 aliphatic heterocycles. The first-order valence-electron chi connectivity index (χ1n) is 6.15. The molecule has 0 fully saturated rings. The van der Waals surface area contributed by atoms with Gasteiger partial charge in [-0.25, -0.2) is 4.39 Å². The van der Waals surface area contributed by atoms with Crippen LogP contribution >= 0.6 is 0 Å². The minimum Gasteiger partial charge on any atom is -0.382 e. The molecule has 0 amide bonds. The molecule has 0 atom stereocenters. The van der Waals surface area contributed by atoms with Gasteiger partial charge in [0, 0.05) is 25.0 Å². The van der Waals surface area contributed by atoms with Crippen molar-refractivity contribution in [2.75, 3.05) is 5.73 Å². The summed E-state index contributed by atoms with van der Waals surface area (Å²) in [6.45, 7) is 0. The number of aromatic nitrogens is 3. The van der Waals surface area contributed by atoms with Crippen molar-refractivity contribution in [1.29, 1.82) is 0 Å². The fraction of sp³-hybridized carbons (Fsp3) is 0.0667. The predicted octanol–water partition coefficient (Wildman–Crippen LogP) is 2.87. The molecule has 3 rings (SSSR count). The fourth-order valence-electron chi connectivity index (χ4n) is 2.29. The third-order valence-corrected chi connectivity index (χ3v) is 3.16. The summed E-state index contributed by atoms with van der Waals surface area (Å²) in [6.07, 6.45) is 3.41. The Morgan fingerprint density at radius 1 is 1.00 bits per heavy atom. The van der Waals surface area contributed by atoms with E-state index in [4.69, 9.17) is 5.73 Å². The molecule has 5 heteroatoms. The van der Waals surface area contributed by atoms with Gasteiger partial charge in [0.05, 0.1) is 11.3 Å². The molecule has 0 bridgehead atoms. The van der Waals surface area contributed by atoms with E-state index in [-0.39, 0.29) is 5.82 Å². The van der Waals surface area contributed by atoms with E-state index in [0.717, 1.165) is 22.4 Å². The Morgan fingerprint density at radius 3 is 2.30 bits per heavy atom. The first-order valence-corrected chi connectivity index (χ1v) is 6.15. The van der Waals surface area contributed by atoms with Gasteiger partial charge >= 0.3 is 0 Å². The summed E-state index contributed by atoms with van der Waals surface area (Å²) in [4.78, 5) is 4.00. The highest BCUT2D eigenvalue weighted by molar-refractivity contribution is 5.87. The molecule has 2 N–H and O–H groups in total. The van der Waals surface area contributed by atoms with E-state index in [0.29, 0.717) is 5.82 Å². The van der Waals surface area contributed by atoms with Crippen LogP contribution in [0.4, 0.5) is 10.2 Å². The SMILES string of the molecule is Cn1nc(N)c(-c2ccncc2)c1-c1ccc(F)cc1.